The number of nitrogens with zero attached hydrogens (tertiary/aromatic N) is 3. The number of anilines is 3. The Morgan fingerprint density at radius 2 is 1.96 bits per heavy atom. The van der Waals surface area contributed by atoms with E-state index in [2.05, 4.69) is 72.7 Å². The first-order chi connectivity index (χ1) is 11.5. The second-order valence-corrected chi connectivity index (χ2v) is 6.88. The maximum atomic E-state index is 4.69. The predicted molar refractivity (Wildman–Crippen MR) is 100 cm³/mol. The SMILES string of the molecule is Cc1cccc(Nc2cc(C3CC3)nc(NCCN(C)C)n2)c1C. The molecule has 1 saturated carbocycles. The molecule has 0 spiro atoms. The summed E-state index contributed by atoms with van der Waals surface area (Å²) in [6, 6.07) is 8.39. The molecule has 0 aliphatic heterocycles. The van der Waals surface area contributed by atoms with E-state index in [0.717, 1.165) is 30.3 Å². The average Bonchev–Trinajstić information content (AvgIpc) is 3.36. The Hall–Kier alpha value is -2.14. The van der Waals surface area contributed by atoms with Crippen LogP contribution < -0.4 is 10.6 Å². The Balaban J connectivity index is 1.80. The first-order valence-electron chi connectivity index (χ1n) is 8.64. The van der Waals surface area contributed by atoms with Gasteiger partial charge in [-0.2, -0.15) is 4.98 Å². The fraction of sp³-hybridized carbons (Fsp3) is 0.474. The Labute approximate surface area is 144 Å². The molecule has 5 heteroatoms. The van der Waals surface area contributed by atoms with Crippen molar-refractivity contribution in [2.24, 2.45) is 0 Å². The van der Waals surface area contributed by atoms with Crippen LogP contribution in [0, 0.1) is 13.8 Å². The van der Waals surface area contributed by atoms with Crippen LogP contribution >= 0.6 is 0 Å². The normalized spacial score (nSPS) is 14.0. The van der Waals surface area contributed by atoms with E-state index in [4.69, 9.17) is 4.98 Å². The zero-order valence-corrected chi connectivity index (χ0v) is 15.1. The highest BCUT2D eigenvalue weighted by atomic mass is 15.2. The van der Waals surface area contributed by atoms with Crippen LogP contribution in [0.2, 0.25) is 0 Å². The standard InChI is InChI=1S/C19H27N5/c1-13-6-5-7-16(14(13)2)21-18-12-17(15-8-9-15)22-19(23-18)20-10-11-24(3)4/h5-7,12,15H,8-11H2,1-4H3,(H2,20,21,22,23). The zero-order valence-electron chi connectivity index (χ0n) is 15.1. The van der Waals surface area contributed by atoms with Crippen LogP contribution in [0.5, 0.6) is 0 Å². The fourth-order valence-electron chi connectivity index (χ4n) is 2.61. The van der Waals surface area contributed by atoms with Crippen molar-refractivity contribution in [2.75, 3.05) is 37.8 Å². The maximum Gasteiger partial charge on any atom is 0.224 e. The fourth-order valence-corrected chi connectivity index (χ4v) is 2.61. The topological polar surface area (TPSA) is 53.1 Å². The largest absolute Gasteiger partial charge is 0.353 e. The van der Waals surface area contributed by atoms with E-state index in [1.165, 1.54) is 24.0 Å². The molecule has 0 saturated heterocycles. The lowest BCUT2D eigenvalue weighted by Crippen LogP contribution is -2.21. The van der Waals surface area contributed by atoms with E-state index < -0.39 is 0 Å². The van der Waals surface area contributed by atoms with Gasteiger partial charge in [-0.25, -0.2) is 4.98 Å². The van der Waals surface area contributed by atoms with Crippen LogP contribution in [0.3, 0.4) is 0 Å². The van der Waals surface area contributed by atoms with Gasteiger partial charge in [-0.1, -0.05) is 12.1 Å². The van der Waals surface area contributed by atoms with Crippen molar-refractivity contribution in [3.8, 4) is 0 Å². The van der Waals surface area contributed by atoms with Gasteiger partial charge < -0.3 is 15.5 Å². The predicted octanol–water partition coefficient (Wildman–Crippen LogP) is 3.69. The first kappa shape index (κ1) is 16.7. The third kappa shape index (κ3) is 4.23. The van der Waals surface area contributed by atoms with E-state index >= 15 is 0 Å². The average molecular weight is 325 g/mol. The highest BCUT2D eigenvalue weighted by Crippen LogP contribution is 2.40. The van der Waals surface area contributed by atoms with Crippen LogP contribution in [0.15, 0.2) is 24.3 Å². The minimum absolute atomic E-state index is 0.599. The third-order valence-electron chi connectivity index (χ3n) is 4.45. The van der Waals surface area contributed by atoms with Gasteiger partial charge in [0.25, 0.3) is 0 Å². The Morgan fingerprint density at radius 3 is 2.67 bits per heavy atom. The molecule has 0 atom stereocenters. The molecular formula is C19H27N5. The van der Waals surface area contributed by atoms with Gasteiger partial charge in [0, 0.05) is 30.8 Å². The van der Waals surface area contributed by atoms with Gasteiger partial charge >= 0.3 is 0 Å². The third-order valence-corrected chi connectivity index (χ3v) is 4.45. The summed E-state index contributed by atoms with van der Waals surface area (Å²) in [6.07, 6.45) is 2.47. The van der Waals surface area contributed by atoms with Crippen molar-refractivity contribution < 1.29 is 0 Å². The van der Waals surface area contributed by atoms with E-state index in [-0.39, 0.29) is 0 Å². The summed E-state index contributed by atoms with van der Waals surface area (Å²) in [4.78, 5) is 11.5. The number of likely N-dealkylation sites (N-methyl/N-ethyl adjacent to an activating group) is 1. The highest BCUT2D eigenvalue weighted by molar-refractivity contribution is 5.63. The van der Waals surface area contributed by atoms with Crippen LogP contribution in [0.25, 0.3) is 0 Å². The van der Waals surface area contributed by atoms with Crippen LogP contribution in [0.1, 0.15) is 35.6 Å². The van der Waals surface area contributed by atoms with Gasteiger partial charge in [-0.05, 0) is 58.0 Å². The number of hydrogen-bond donors (Lipinski definition) is 2. The smallest absolute Gasteiger partial charge is 0.224 e. The Morgan fingerprint density at radius 1 is 1.17 bits per heavy atom. The van der Waals surface area contributed by atoms with E-state index in [9.17, 15) is 0 Å². The molecule has 24 heavy (non-hydrogen) atoms. The van der Waals surface area contributed by atoms with Gasteiger partial charge in [-0.15, -0.1) is 0 Å². The minimum atomic E-state index is 0.599. The molecule has 1 aromatic carbocycles. The summed E-state index contributed by atoms with van der Waals surface area (Å²) in [5.41, 5.74) is 4.78. The van der Waals surface area contributed by atoms with Crippen LogP contribution in [0.4, 0.5) is 17.5 Å². The lowest BCUT2D eigenvalue weighted by Gasteiger charge is -2.14. The number of hydrogen-bond acceptors (Lipinski definition) is 5. The monoisotopic (exact) mass is 325 g/mol. The molecule has 3 rings (SSSR count). The molecular weight excluding hydrogens is 298 g/mol. The summed E-state index contributed by atoms with van der Waals surface area (Å²) >= 11 is 0. The molecule has 0 bridgehead atoms. The number of nitrogens with one attached hydrogen (secondary N) is 2. The van der Waals surface area contributed by atoms with Crippen molar-refractivity contribution in [3.63, 3.8) is 0 Å². The number of aromatic nitrogens is 2. The molecule has 2 N–H and O–H groups in total. The van der Waals surface area contributed by atoms with Crippen molar-refractivity contribution in [3.05, 3.63) is 41.1 Å². The molecule has 0 amide bonds. The summed E-state index contributed by atoms with van der Waals surface area (Å²) in [5, 5.41) is 6.82. The molecule has 1 aliphatic rings. The second-order valence-electron chi connectivity index (χ2n) is 6.88. The van der Waals surface area contributed by atoms with Crippen molar-refractivity contribution in [1.82, 2.24) is 14.9 Å². The molecule has 128 valence electrons. The van der Waals surface area contributed by atoms with Crippen molar-refractivity contribution in [1.29, 1.82) is 0 Å². The second kappa shape index (κ2) is 7.18. The quantitative estimate of drug-likeness (QED) is 0.813. The van der Waals surface area contributed by atoms with E-state index in [1.54, 1.807) is 0 Å². The molecule has 0 unspecified atom stereocenters. The summed E-state index contributed by atoms with van der Waals surface area (Å²) in [6.45, 7) is 6.06. The van der Waals surface area contributed by atoms with Gasteiger partial charge in [0.05, 0.1) is 5.69 Å². The lowest BCUT2D eigenvalue weighted by atomic mass is 10.1. The van der Waals surface area contributed by atoms with E-state index in [1.807, 2.05) is 0 Å². The van der Waals surface area contributed by atoms with Crippen LogP contribution in [-0.4, -0.2) is 42.1 Å². The minimum Gasteiger partial charge on any atom is -0.353 e. The summed E-state index contributed by atoms with van der Waals surface area (Å²) in [5.74, 6) is 2.18. The first-order valence-corrected chi connectivity index (χ1v) is 8.64. The van der Waals surface area contributed by atoms with Gasteiger partial charge in [-0.3, -0.25) is 0 Å². The molecule has 0 radical (unpaired) electrons. The summed E-state index contributed by atoms with van der Waals surface area (Å²) < 4.78 is 0. The summed E-state index contributed by atoms with van der Waals surface area (Å²) in [7, 11) is 4.13. The number of aryl methyl sites for hydroxylation is 1. The van der Waals surface area contributed by atoms with Crippen molar-refractivity contribution >= 4 is 17.5 Å². The molecule has 1 fully saturated rings. The van der Waals surface area contributed by atoms with Crippen LogP contribution in [-0.2, 0) is 0 Å². The van der Waals surface area contributed by atoms with Gasteiger partial charge in [0.15, 0.2) is 0 Å². The van der Waals surface area contributed by atoms with E-state index in [0.29, 0.717) is 11.9 Å². The van der Waals surface area contributed by atoms with Gasteiger partial charge in [0.2, 0.25) is 5.95 Å². The van der Waals surface area contributed by atoms with Gasteiger partial charge in [0.1, 0.15) is 5.82 Å². The number of rotatable bonds is 7. The molecule has 5 nitrogen and oxygen atoms in total. The zero-order chi connectivity index (χ0) is 17.1. The van der Waals surface area contributed by atoms with Crippen molar-refractivity contribution in [2.45, 2.75) is 32.6 Å². The molecule has 1 aliphatic carbocycles. The molecule has 1 aromatic heterocycles. The lowest BCUT2D eigenvalue weighted by molar-refractivity contribution is 0.425. The molecule has 2 aromatic rings. The Bertz CT molecular complexity index is 707. The maximum absolute atomic E-state index is 4.69. The highest BCUT2D eigenvalue weighted by Gasteiger charge is 2.26. The number of benzene rings is 1. The molecule has 1 heterocycles. The Kier molecular flexibility index (Phi) is 5.00.